The van der Waals surface area contributed by atoms with Gasteiger partial charge in [-0.25, -0.2) is 0 Å². The Morgan fingerprint density at radius 2 is 2.15 bits per heavy atom. The summed E-state index contributed by atoms with van der Waals surface area (Å²) in [7, 11) is 0. The lowest BCUT2D eigenvalue weighted by Gasteiger charge is -2.23. The fourth-order valence-corrected chi connectivity index (χ4v) is 3.20. The molecule has 20 heavy (non-hydrogen) atoms. The number of nitrogens with two attached hydrogens (primary N) is 1. The highest BCUT2D eigenvalue weighted by atomic mass is 35.5. The molecule has 3 nitrogen and oxygen atoms in total. The largest absolute Gasteiger partial charge is 0.398 e. The standard InChI is InChI=1S/C15H15ClN2OS/c16-12-4-1-5-13(17)14(12)15(19)18(10-6-7-10)9-11-3-2-8-20-11/h1-5,8,10H,6-7,9,17H2. The zero-order valence-electron chi connectivity index (χ0n) is 10.9. The second-order valence-electron chi connectivity index (χ2n) is 4.95. The Morgan fingerprint density at radius 3 is 2.75 bits per heavy atom. The van der Waals surface area contributed by atoms with E-state index < -0.39 is 0 Å². The number of carbonyl (C=O) groups excluding carboxylic acids is 1. The highest BCUT2D eigenvalue weighted by molar-refractivity contribution is 7.09. The van der Waals surface area contributed by atoms with Gasteiger partial charge in [-0.15, -0.1) is 11.3 Å². The van der Waals surface area contributed by atoms with Crippen molar-refractivity contribution in [3.63, 3.8) is 0 Å². The molecule has 0 bridgehead atoms. The molecular formula is C15H15ClN2OS. The number of rotatable bonds is 4. The van der Waals surface area contributed by atoms with Gasteiger partial charge in [0.15, 0.2) is 0 Å². The third kappa shape index (κ3) is 2.67. The van der Waals surface area contributed by atoms with Gasteiger partial charge in [0.2, 0.25) is 0 Å². The molecule has 1 amide bonds. The Morgan fingerprint density at radius 1 is 1.35 bits per heavy atom. The number of nitrogens with zero attached hydrogens (tertiary/aromatic N) is 1. The predicted molar refractivity (Wildman–Crippen MR) is 83.1 cm³/mol. The number of hydrogen-bond acceptors (Lipinski definition) is 3. The van der Waals surface area contributed by atoms with Gasteiger partial charge >= 0.3 is 0 Å². The van der Waals surface area contributed by atoms with Crippen LogP contribution in [0.4, 0.5) is 5.69 Å². The molecule has 0 radical (unpaired) electrons. The van der Waals surface area contributed by atoms with E-state index in [1.165, 1.54) is 4.88 Å². The quantitative estimate of drug-likeness (QED) is 0.874. The number of anilines is 1. The van der Waals surface area contributed by atoms with Crippen LogP contribution < -0.4 is 5.73 Å². The number of amides is 1. The predicted octanol–water partition coefficient (Wildman–Crippen LogP) is 3.79. The number of hydrogen-bond donors (Lipinski definition) is 1. The Kier molecular flexibility index (Phi) is 3.68. The zero-order chi connectivity index (χ0) is 14.1. The van der Waals surface area contributed by atoms with Gasteiger partial charge < -0.3 is 10.6 Å². The average Bonchev–Trinajstić information content (AvgIpc) is 3.12. The van der Waals surface area contributed by atoms with E-state index in [2.05, 4.69) is 0 Å². The van der Waals surface area contributed by atoms with Crippen LogP contribution in [0, 0.1) is 0 Å². The van der Waals surface area contributed by atoms with Crippen LogP contribution in [-0.4, -0.2) is 16.8 Å². The maximum Gasteiger partial charge on any atom is 0.258 e. The van der Waals surface area contributed by atoms with Crippen LogP contribution in [0.25, 0.3) is 0 Å². The molecule has 0 spiro atoms. The molecule has 104 valence electrons. The van der Waals surface area contributed by atoms with Gasteiger partial charge in [0, 0.05) is 16.6 Å². The van der Waals surface area contributed by atoms with Crippen molar-refractivity contribution in [3.8, 4) is 0 Å². The van der Waals surface area contributed by atoms with E-state index in [0.717, 1.165) is 12.8 Å². The van der Waals surface area contributed by atoms with Crippen molar-refractivity contribution in [2.24, 2.45) is 0 Å². The van der Waals surface area contributed by atoms with E-state index in [0.29, 0.717) is 28.9 Å². The minimum atomic E-state index is -0.0657. The molecule has 0 unspecified atom stereocenters. The Bertz CT molecular complexity index is 603. The van der Waals surface area contributed by atoms with Crippen molar-refractivity contribution in [1.82, 2.24) is 4.90 Å². The Hall–Kier alpha value is -1.52. The summed E-state index contributed by atoms with van der Waals surface area (Å²) in [4.78, 5) is 15.8. The van der Waals surface area contributed by atoms with E-state index in [1.807, 2.05) is 22.4 Å². The van der Waals surface area contributed by atoms with Crippen LogP contribution in [0.3, 0.4) is 0 Å². The molecule has 1 aromatic carbocycles. The molecule has 5 heteroatoms. The van der Waals surface area contributed by atoms with Gasteiger partial charge in [0.05, 0.1) is 17.1 Å². The van der Waals surface area contributed by atoms with Crippen molar-refractivity contribution in [1.29, 1.82) is 0 Å². The van der Waals surface area contributed by atoms with Crippen LogP contribution in [0.15, 0.2) is 35.7 Å². The van der Waals surface area contributed by atoms with Gasteiger partial charge in [0.1, 0.15) is 0 Å². The van der Waals surface area contributed by atoms with Crippen LogP contribution in [0.1, 0.15) is 28.1 Å². The molecule has 0 atom stereocenters. The molecule has 1 aromatic heterocycles. The number of benzene rings is 1. The maximum atomic E-state index is 12.8. The number of halogens is 1. The van der Waals surface area contributed by atoms with Crippen LogP contribution in [0.5, 0.6) is 0 Å². The first-order chi connectivity index (χ1) is 9.66. The molecule has 0 aliphatic heterocycles. The minimum absolute atomic E-state index is 0.0657. The third-order valence-corrected chi connectivity index (χ3v) is 4.59. The van der Waals surface area contributed by atoms with Crippen LogP contribution in [0.2, 0.25) is 5.02 Å². The molecule has 1 aliphatic carbocycles. The second kappa shape index (κ2) is 5.46. The van der Waals surface area contributed by atoms with Crippen molar-refractivity contribution >= 4 is 34.5 Å². The van der Waals surface area contributed by atoms with E-state index in [4.69, 9.17) is 17.3 Å². The number of carbonyl (C=O) groups is 1. The molecule has 1 aliphatic rings. The van der Waals surface area contributed by atoms with Gasteiger partial charge in [-0.1, -0.05) is 23.7 Å². The second-order valence-corrected chi connectivity index (χ2v) is 6.39. The smallest absolute Gasteiger partial charge is 0.258 e. The lowest BCUT2D eigenvalue weighted by Crippen LogP contribution is -2.33. The summed E-state index contributed by atoms with van der Waals surface area (Å²) in [5.41, 5.74) is 6.80. The summed E-state index contributed by atoms with van der Waals surface area (Å²) in [5.74, 6) is -0.0657. The molecular weight excluding hydrogens is 292 g/mol. The van der Waals surface area contributed by atoms with Crippen LogP contribution in [-0.2, 0) is 6.54 Å². The molecule has 1 fully saturated rings. The van der Waals surface area contributed by atoms with Gasteiger partial charge in [0.25, 0.3) is 5.91 Å². The lowest BCUT2D eigenvalue weighted by atomic mass is 10.1. The van der Waals surface area contributed by atoms with Gasteiger partial charge in [-0.3, -0.25) is 4.79 Å². The van der Waals surface area contributed by atoms with Crippen molar-refractivity contribution in [3.05, 3.63) is 51.2 Å². The number of thiophene rings is 1. The minimum Gasteiger partial charge on any atom is -0.398 e. The fraction of sp³-hybridized carbons (Fsp3) is 0.267. The monoisotopic (exact) mass is 306 g/mol. The first-order valence-corrected chi connectivity index (χ1v) is 7.80. The fourth-order valence-electron chi connectivity index (χ4n) is 2.23. The highest BCUT2D eigenvalue weighted by Crippen LogP contribution is 2.33. The molecule has 3 rings (SSSR count). The molecule has 1 heterocycles. The van der Waals surface area contributed by atoms with Crippen LogP contribution >= 0.6 is 22.9 Å². The SMILES string of the molecule is Nc1cccc(Cl)c1C(=O)N(Cc1cccs1)C1CC1. The normalized spacial score (nSPS) is 14.2. The summed E-state index contributed by atoms with van der Waals surface area (Å²) in [6.07, 6.45) is 2.11. The molecule has 0 saturated heterocycles. The first-order valence-electron chi connectivity index (χ1n) is 6.54. The summed E-state index contributed by atoms with van der Waals surface area (Å²) in [6, 6.07) is 9.55. The summed E-state index contributed by atoms with van der Waals surface area (Å²) < 4.78 is 0. The van der Waals surface area contributed by atoms with Gasteiger partial charge in [-0.2, -0.15) is 0 Å². The van der Waals surface area contributed by atoms with Crippen molar-refractivity contribution < 1.29 is 4.79 Å². The van der Waals surface area contributed by atoms with E-state index >= 15 is 0 Å². The lowest BCUT2D eigenvalue weighted by molar-refractivity contribution is 0.0733. The summed E-state index contributed by atoms with van der Waals surface area (Å²) >= 11 is 7.81. The van der Waals surface area contributed by atoms with Crippen molar-refractivity contribution in [2.75, 3.05) is 5.73 Å². The third-order valence-electron chi connectivity index (χ3n) is 3.41. The number of nitrogen functional groups attached to an aromatic ring is 1. The highest BCUT2D eigenvalue weighted by Gasteiger charge is 2.34. The topological polar surface area (TPSA) is 46.3 Å². The van der Waals surface area contributed by atoms with E-state index in [1.54, 1.807) is 29.5 Å². The van der Waals surface area contributed by atoms with Gasteiger partial charge in [-0.05, 0) is 36.4 Å². The molecule has 2 N–H and O–H groups in total. The zero-order valence-corrected chi connectivity index (χ0v) is 12.5. The summed E-state index contributed by atoms with van der Waals surface area (Å²) in [6.45, 7) is 0.631. The van der Waals surface area contributed by atoms with Crippen molar-refractivity contribution in [2.45, 2.75) is 25.4 Å². The first kappa shape index (κ1) is 13.5. The van der Waals surface area contributed by atoms with E-state index in [-0.39, 0.29) is 5.91 Å². The Labute approximate surface area is 127 Å². The van der Waals surface area contributed by atoms with E-state index in [9.17, 15) is 4.79 Å². The average molecular weight is 307 g/mol. The summed E-state index contributed by atoms with van der Waals surface area (Å²) in [5, 5.41) is 2.45. The maximum absolute atomic E-state index is 12.8. The molecule has 2 aromatic rings. The Balaban J connectivity index is 1.89. The molecule has 1 saturated carbocycles.